The third kappa shape index (κ3) is 2.92. The molecule has 0 N–H and O–H groups in total. The molecule has 0 amide bonds. The number of aryl methyl sites for hydroxylation is 1. The number of hydrogen-bond donors (Lipinski definition) is 0. The van der Waals surface area contributed by atoms with Crippen LogP contribution in [0.25, 0.3) is 16.6 Å². The Bertz CT molecular complexity index is 992. The summed E-state index contributed by atoms with van der Waals surface area (Å²) in [6.07, 6.45) is 6.06. The van der Waals surface area contributed by atoms with E-state index in [1.807, 2.05) is 23.9 Å². The fourth-order valence-corrected chi connectivity index (χ4v) is 3.56. The molecule has 0 aliphatic carbocycles. The lowest BCUT2D eigenvalue weighted by Crippen LogP contribution is -2.17. The van der Waals surface area contributed by atoms with E-state index in [-0.39, 0.29) is 5.75 Å². The van der Waals surface area contributed by atoms with Crippen LogP contribution < -0.4 is 4.74 Å². The first kappa shape index (κ1) is 16.9. The van der Waals surface area contributed by atoms with Gasteiger partial charge in [-0.2, -0.15) is 0 Å². The molecule has 1 aromatic carbocycles. The Balaban J connectivity index is 1.76. The zero-order valence-corrected chi connectivity index (χ0v) is 15.3. The summed E-state index contributed by atoms with van der Waals surface area (Å²) in [7, 11) is 1.97. The van der Waals surface area contributed by atoms with Crippen LogP contribution in [0.2, 0.25) is 5.02 Å². The molecule has 0 atom stereocenters. The summed E-state index contributed by atoms with van der Waals surface area (Å²) in [6, 6.07) is 6.24. The average molecular weight is 372 g/mol. The lowest BCUT2D eigenvalue weighted by Gasteiger charge is -2.21. The van der Waals surface area contributed by atoms with Crippen molar-refractivity contribution in [3.8, 4) is 11.6 Å². The number of benzene rings is 1. The Labute approximate surface area is 156 Å². The number of ether oxygens (including phenoxy) is 1. The summed E-state index contributed by atoms with van der Waals surface area (Å²) >= 11 is 5.81. The second-order valence-electron chi connectivity index (χ2n) is 6.48. The van der Waals surface area contributed by atoms with Gasteiger partial charge in [0.2, 0.25) is 5.88 Å². The normalized spacial score (nSPS) is 14.2. The second-order valence-corrected chi connectivity index (χ2v) is 6.92. The van der Waals surface area contributed by atoms with E-state index >= 15 is 0 Å². The topological polar surface area (TPSA) is 30.3 Å². The molecule has 4 rings (SSSR count). The molecule has 1 saturated heterocycles. The van der Waals surface area contributed by atoms with Crippen LogP contribution in [-0.4, -0.2) is 27.5 Å². The molecule has 2 aromatic heterocycles. The smallest absolute Gasteiger partial charge is 0.228 e. The predicted octanol–water partition coefficient (Wildman–Crippen LogP) is 5.22. The van der Waals surface area contributed by atoms with Gasteiger partial charge in [-0.15, -0.1) is 0 Å². The maximum atomic E-state index is 14.1. The molecule has 0 bridgehead atoms. The number of aromatic nitrogens is 2. The third-order valence-corrected chi connectivity index (χ3v) is 5.00. The van der Waals surface area contributed by atoms with Crippen LogP contribution in [0.3, 0.4) is 0 Å². The maximum absolute atomic E-state index is 14.1. The van der Waals surface area contributed by atoms with Crippen molar-refractivity contribution in [3.05, 3.63) is 59.6 Å². The highest BCUT2D eigenvalue weighted by atomic mass is 35.5. The zero-order valence-electron chi connectivity index (χ0n) is 14.5. The van der Waals surface area contributed by atoms with Crippen LogP contribution in [-0.2, 0) is 7.05 Å². The highest BCUT2D eigenvalue weighted by Crippen LogP contribution is 2.35. The number of fused-ring (bicyclic) bond motifs is 1. The van der Waals surface area contributed by atoms with Gasteiger partial charge in [0.05, 0.1) is 10.9 Å². The van der Waals surface area contributed by atoms with Crippen molar-refractivity contribution in [2.45, 2.75) is 12.8 Å². The van der Waals surface area contributed by atoms with Crippen LogP contribution >= 0.6 is 11.6 Å². The van der Waals surface area contributed by atoms with Gasteiger partial charge < -0.3 is 14.2 Å². The van der Waals surface area contributed by atoms with Gasteiger partial charge in [0.1, 0.15) is 0 Å². The minimum atomic E-state index is -0.520. The molecule has 4 nitrogen and oxygen atoms in total. The van der Waals surface area contributed by atoms with Crippen molar-refractivity contribution in [1.29, 1.82) is 0 Å². The molecule has 0 spiro atoms. The Kier molecular flexibility index (Phi) is 4.32. The van der Waals surface area contributed by atoms with E-state index in [1.165, 1.54) is 25.0 Å². The summed E-state index contributed by atoms with van der Waals surface area (Å²) in [6.45, 7) is 6.30. The summed E-state index contributed by atoms with van der Waals surface area (Å²) in [5.41, 5.74) is 2.91. The van der Waals surface area contributed by atoms with Gasteiger partial charge in [-0.1, -0.05) is 18.2 Å². The van der Waals surface area contributed by atoms with E-state index in [1.54, 1.807) is 12.3 Å². The van der Waals surface area contributed by atoms with E-state index < -0.39 is 5.82 Å². The fourth-order valence-electron chi connectivity index (χ4n) is 3.40. The number of likely N-dealkylation sites (tertiary alicyclic amines) is 1. The first-order chi connectivity index (χ1) is 12.5. The van der Waals surface area contributed by atoms with E-state index in [2.05, 4.69) is 16.5 Å². The first-order valence-electron chi connectivity index (χ1n) is 8.56. The Hall–Kier alpha value is -2.53. The van der Waals surface area contributed by atoms with Crippen LogP contribution in [0.15, 0.2) is 43.2 Å². The molecule has 0 saturated carbocycles. The van der Waals surface area contributed by atoms with Gasteiger partial charge in [-0.25, -0.2) is 9.37 Å². The van der Waals surface area contributed by atoms with Crippen molar-refractivity contribution in [2.75, 3.05) is 13.1 Å². The molecular formula is C20H19ClFN3O. The largest absolute Gasteiger partial charge is 0.435 e. The molecule has 0 unspecified atom stereocenters. The highest BCUT2D eigenvalue weighted by molar-refractivity contribution is 6.30. The molecule has 134 valence electrons. The fraction of sp³-hybridized carbons (Fsp3) is 0.250. The van der Waals surface area contributed by atoms with Crippen molar-refractivity contribution < 1.29 is 9.13 Å². The lowest BCUT2D eigenvalue weighted by atomic mass is 10.1. The Morgan fingerprint density at radius 2 is 2.04 bits per heavy atom. The number of rotatable bonds is 4. The second kappa shape index (κ2) is 6.65. The van der Waals surface area contributed by atoms with Crippen LogP contribution in [0.4, 0.5) is 4.39 Å². The average Bonchev–Trinajstić information content (AvgIpc) is 3.28. The van der Waals surface area contributed by atoms with Crippen molar-refractivity contribution >= 4 is 28.2 Å². The summed E-state index contributed by atoms with van der Waals surface area (Å²) < 4.78 is 21.9. The molecule has 1 fully saturated rings. The van der Waals surface area contributed by atoms with Crippen LogP contribution in [0.1, 0.15) is 18.4 Å². The standard InChI is InChI=1S/C20H19ClFN3O/c1-13(25-8-3-4-9-25)16-12-23-20(15-7-10-24(2)19(15)16)26-18-6-5-14(21)11-17(18)22/h5-7,10-12H,1,3-4,8-9H2,2H3. The van der Waals surface area contributed by atoms with Gasteiger partial charge in [0, 0.05) is 48.8 Å². The summed E-state index contributed by atoms with van der Waals surface area (Å²) in [4.78, 5) is 6.73. The zero-order chi connectivity index (χ0) is 18.3. The van der Waals surface area contributed by atoms with E-state index in [0.29, 0.717) is 10.9 Å². The van der Waals surface area contributed by atoms with Gasteiger partial charge in [0.25, 0.3) is 0 Å². The number of nitrogens with zero attached hydrogens (tertiary/aromatic N) is 3. The van der Waals surface area contributed by atoms with Crippen molar-refractivity contribution in [2.24, 2.45) is 7.05 Å². The van der Waals surface area contributed by atoms with E-state index in [0.717, 1.165) is 35.3 Å². The summed E-state index contributed by atoms with van der Waals surface area (Å²) in [5, 5.41) is 1.14. The SMILES string of the molecule is C=C(c1cnc(Oc2ccc(Cl)cc2F)c2ccn(C)c12)N1CCCC1. The third-order valence-electron chi connectivity index (χ3n) is 4.77. The molecule has 3 heterocycles. The first-order valence-corrected chi connectivity index (χ1v) is 8.93. The minimum Gasteiger partial charge on any atom is -0.435 e. The van der Waals surface area contributed by atoms with Crippen molar-refractivity contribution in [1.82, 2.24) is 14.5 Å². The molecule has 3 aromatic rings. The van der Waals surface area contributed by atoms with E-state index in [4.69, 9.17) is 16.3 Å². The van der Waals surface area contributed by atoms with Crippen LogP contribution in [0, 0.1) is 5.82 Å². The lowest BCUT2D eigenvalue weighted by molar-refractivity contribution is 0.432. The Morgan fingerprint density at radius 1 is 1.27 bits per heavy atom. The van der Waals surface area contributed by atoms with Gasteiger partial charge in [-0.05, 0) is 37.1 Å². The van der Waals surface area contributed by atoms with Gasteiger partial charge in [-0.3, -0.25) is 0 Å². The Morgan fingerprint density at radius 3 is 2.77 bits per heavy atom. The van der Waals surface area contributed by atoms with Crippen molar-refractivity contribution in [3.63, 3.8) is 0 Å². The maximum Gasteiger partial charge on any atom is 0.228 e. The minimum absolute atomic E-state index is 0.0955. The highest BCUT2D eigenvalue weighted by Gasteiger charge is 2.20. The molecule has 1 aliphatic heterocycles. The number of hydrogen-bond acceptors (Lipinski definition) is 3. The molecule has 0 radical (unpaired) electrons. The number of halogens is 2. The monoisotopic (exact) mass is 371 g/mol. The van der Waals surface area contributed by atoms with Gasteiger partial charge >= 0.3 is 0 Å². The van der Waals surface area contributed by atoms with Gasteiger partial charge in [0.15, 0.2) is 11.6 Å². The molecule has 1 aliphatic rings. The predicted molar refractivity (Wildman–Crippen MR) is 102 cm³/mol. The molecular weight excluding hydrogens is 353 g/mol. The van der Waals surface area contributed by atoms with E-state index in [9.17, 15) is 4.39 Å². The van der Waals surface area contributed by atoms with Crippen LogP contribution in [0.5, 0.6) is 11.6 Å². The molecule has 6 heteroatoms. The number of pyridine rings is 1. The summed E-state index contributed by atoms with van der Waals surface area (Å²) in [5.74, 6) is -0.0631. The molecule has 26 heavy (non-hydrogen) atoms. The quantitative estimate of drug-likeness (QED) is 0.629.